The van der Waals surface area contributed by atoms with Crippen molar-refractivity contribution in [2.45, 2.75) is 56.1 Å². The molecule has 0 saturated carbocycles. The van der Waals surface area contributed by atoms with Gasteiger partial charge in [-0.1, -0.05) is 122 Å². The normalized spacial score (nSPS) is 22.1. The number of aliphatic hydroxyl groups excluding tert-OH is 1. The molecule has 0 aliphatic carbocycles. The third-order valence-electron chi connectivity index (χ3n) is 15.2. The number of anilines is 2. The number of fused-ring (bicyclic) bond motifs is 4. The number of methoxy groups -OCH3 is 1. The Kier molecular flexibility index (Phi) is 14.1. The molecular formula is C59H56N10O9. The molecule has 1 spiro atoms. The highest BCUT2D eigenvalue weighted by atomic mass is 16.6. The molecule has 0 radical (unpaired) electrons. The SMILES string of the molecule is COC(=O)[C@@H](NC(=O)N1C(=O)[C@@]2(c3cc(C#CCn4nnc5ccccc54)ccc31)[C@H](c1ccccc1OCCO)N1[C@H](c3ccccc3)[C@H](c3ccccc3)OC(=O)[C@H]1[C@@H]2C(=O)N1CCN(c2ncccn2)CC1)C(C)C. The van der Waals surface area contributed by atoms with Crippen molar-refractivity contribution in [1.29, 1.82) is 0 Å². The maximum Gasteiger partial charge on any atom is 0.329 e. The first kappa shape index (κ1) is 51.1. The molecule has 396 valence electrons. The fourth-order valence-corrected chi connectivity index (χ4v) is 11.8. The quantitative estimate of drug-likeness (QED) is 0.113. The number of rotatable bonds is 12. The van der Waals surface area contributed by atoms with Gasteiger partial charge in [0, 0.05) is 49.7 Å². The number of aliphatic hydroxyl groups is 1. The van der Waals surface area contributed by atoms with Crippen LogP contribution in [-0.2, 0) is 40.6 Å². The number of benzene rings is 5. The summed E-state index contributed by atoms with van der Waals surface area (Å²) in [5.74, 6) is 2.28. The molecule has 7 atom stereocenters. The third-order valence-corrected chi connectivity index (χ3v) is 15.2. The van der Waals surface area contributed by atoms with Gasteiger partial charge in [0.05, 0.1) is 42.9 Å². The van der Waals surface area contributed by atoms with Crippen LogP contribution in [0.4, 0.5) is 16.4 Å². The molecule has 4 amide bonds. The first-order chi connectivity index (χ1) is 38.0. The Balaban J connectivity index is 1.18. The van der Waals surface area contributed by atoms with E-state index in [0.717, 1.165) is 10.4 Å². The number of cyclic esters (lactones) is 1. The number of carbonyl (C=O) groups excluding carboxylic acids is 5. The lowest BCUT2D eigenvalue weighted by Gasteiger charge is -2.46. The second-order valence-electron chi connectivity index (χ2n) is 19.8. The lowest BCUT2D eigenvalue weighted by molar-refractivity contribution is -0.179. The lowest BCUT2D eigenvalue weighted by atomic mass is 9.64. The van der Waals surface area contributed by atoms with Gasteiger partial charge in [0.25, 0.3) is 0 Å². The van der Waals surface area contributed by atoms with E-state index in [1.807, 2.05) is 94.7 Å². The second-order valence-corrected chi connectivity index (χ2v) is 19.8. The number of piperazine rings is 1. The summed E-state index contributed by atoms with van der Waals surface area (Å²) in [6.07, 6.45) is 2.31. The molecule has 11 rings (SSSR count). The van der Waals surface area contributed by atoms with Crippen LogP contribution in [0.15, 0.2) is 146 Å². The van der Waals surface area contributed by atoms with Gasteiger partial charge < -0.3 is 34.4 Å². The minimum atomic E-state index is -2.18. The molecule has 7 aromatic rings. The fraction of sp³-hybridized carbons (Fsp3) is 0.305. The van der Waals surface area contributed by atoms with E-state index in [4.69, 9.17) is 14.2 Å². The average molecular weight is 1050 g/mol. The Morgan fingerprint density at radius 3 is 2.24 bits per heavy atom. The number of para-hydroxylation sites is 2. The first-order valence-electron chi connectivity index (χ1n) is 25.9. The van der Waals surface area contributed by atoms with Crippen LogP contribution < -0.4 is 19.9 Å². The van der Waals surface area contributed by atoms with Crippen LogP contribution in [0.5, 0.6) is 5.75 Å². The van der Waals surface area contributed by atoms with Gasteiger partial charge in [-0.3, -0.25) is 19.3 Å². The van der Waals surface area contributed by atoms with E-state index in [-0.39, 0.29) is 49.8 Å². The lowest BCUT2D eigenvalue weighted by Crippen LogP contribution is -2.60. The summed E-state index contributed by atoms with van der Waals surface area (Å²) in [6, 6.07) is 34.2. The molecular weight excluding hydrogens is 993 g/mol. The number of hydrogen-bond acceptors (Lipinski definition) is 15. The van der Waals surface area contributed by atoms with Crippen molar-refractivity contribution in [1.82, 2.24) is 40.1 Å². The fourth-order valence-electron chi connectivity index (χ4n) is 11.8. The summed E-state index contributed by atoms with van der Waals surface area (Å²) < 4.78 is 19.9. The van der Waals surface area contributed by atoms with Crippen LogP contribution in [0.3, 0.4) is 0 Å². The van der Waals surface area contributed by atoms with E-state index in [1.165, 1.54) is 7.11 Å². The van der Waals surface area contributed by atoms with Gasteiger partial charge in [-0.2, -0.15) is 0 Å². The van der Waals surface area contributed by atoms with Gasteiger partial charge in [0.15, 0.2) is 0 Å². The number of morpholine rings is 1. The minimum Gasteiger partial charge on any atom is -0.491 e. The van der Waals surface area contributed by atoms with Crippen molar-refractivity contribution in [2.75, 3.05) is 56.3 Å². The molecule has 2 aromatic heterocycles. The smallest absolute Gasteiger partial charge is 0.329 e. The maximum absolute atomic E-state index is 17.1. The van der Waals surface area contributed by atoms with E-state index in [0.29, 0.717) is 46.8 Å². The summed E-state index contributed by atoms with van der Waals surface area (Å²) in [5, 5.41) is 21.6. The van der Waals surface area contributed by atoms with Crippen molar-refractivity contribution in [3.63, 3.8) is 0 Å². The molecule has 2 N–H and O–H groups in total. The van der Waals surface area contributed by atoms with Gasteiger partial charge in [-0.15, -0.1) is 5.10 Å². The second kappa shape index (κ2) is 21.6. The molecule has 4 aliphatic heterocycles. The van der Waals surface area contributed by atoms with Crippen molar-refractivity contribution < 1.29 is 43.3 Å². The third kappa shape index (κ3) is 8.91. The van der Waals surface area contributed by atoms with Gasteiger partial charge in [-0.25, -0.2) is 29.1 Å². The summed E-state index contributed by atoms with van der Waals surface area (Å²) in [7, 11) is 1.21. The van der Waals surface area contributed by atoms with Gasteiger partial charge >= 0.3 is 18.0 Å². The number of amides is 4. The van der Waals surface area contributed by atoms with E-state index < -0.39 is 77.3 Å². The van der Waals surface area contributed by atoms with Crippen LogP contribution in [-0.4, -0.2) is 128 Å². The zero-order valence-electron chi connectivity index (χ0n) is 43.1. The highest BCUT2D eigenvalue weighted by Crippen LogP contribution is 2.67. The monoisotopic (exact) mass is 1050 g/mol. The Morgan fingerprint density at radius 2 is 1.53 bits per heavy atom. The van der Waals surface area contributed by atoms with Crippen LogP contribution in [0.2, 0.25) is 0 Å². The molecule has 6 heterocycles. The van der Waals surface area contributed by atoms with Crippen molar-refractivity contribution in [3.8, 4) is 17.6 Å². The van der Waals surface area contributed by atoms with Crippen LogP contribution in [0.1, 0.15) is 59.9 Å². The number of urea groups is 1. The Bertz CT molecular complexity index is 3450. The predicted octanol–water partition coefficient (Wildman–Crippen LogP) is 5.57. The predicted molar refractivity (Wildman–Crippen MR) is 285 cm³/mol. The zero-order chi connectivity index (χ0) is 54.1. The van der Waals surface area contributed by atoms with Gasteiger partial charge in [0.1, 0.15) is 48.0 Å². The number of carbonyl (C=O) groups is 5. The largest absolute Gasteiger partial charge is 0.491 e. The average Bonchev–Trinajstić information content (AvgIpc) is 3.71. The van der Waals surface area contributed by atoms with Crippen LogP contribution in [0.25, 0.3) is 11.0 Å². The highest BCUT2D eigenvalue weighted by molar-refractivity contribution is 6.25. The number of ether oxygens (including phenoxy) is 3. The van der Waals surface area contributed by atoms with E-state index in [9.17, 15) is 9.90 Å². The molecule has 3 fully saturated rings. The topological polar surface area (TPSA) is 215 Å². The summed E-state index contributed by atoms with van der Waals surface area (Å²) in [4.78, 5) is 93.6. The number of aromatic nitrogens is 5. The summed E-state index contributed by atoms with van der Waals surface area (Å²) >= 11 is 0. The molecule has 0 unspecified atom stereocenters. The summed E-state index contributed by atoms with van der Waals surface area (Å²) in [6.45, 7) is 4.08. The van der Waals surface area contributed by atoms with E-state index >= 15 is 19.2 Å². The van der Waals surface area contributed by atoms with Gasteiger partial charge in [-0.05, 0) is 65.1 Å². The number of nitrogens with zero attached hydrogens (tertiary/aromatic N) is 9. The molecule has 4 aliphatic rings. The van der Waals surface area contributed by atoms with E-state index in [2.05, 4.69) is 37.4 Å². The molecule has 5 aromatic carbocycles. The molecule has 19 nitrogen and oxygen atoms in total. The van der Waals surface area contributed by atoms with Crippen LogP contribution in [0, 0.1) is 23.7 Å². The minimum absolute atomic E-state index is 0.101. The van der Waals surface area contributed by atoms with Crippen molar-refractivity contribution >= 4 is 52.5 Å². The molecule has 3 saturated heterocycles. The Hall–Kier alpha value is -8.99. The van der Waals surface area contributed by atoms with E-state index in [1.54, 1.807) is 84.4 Å². The van der Waals surface area contributed by atoms with Crippen molar-refractivity contribution in [2.24, 2.45) is 11.8 Å². The standard InChI is InChI=1S/C59H56N10O9/c1-37(2)48(54(72)76-3)62-58(75)68-44-26-25-38(16-14-29-67-45-23-12-11-22-43(45)63-64-67)36-42(44)59(56(68)74)47(53(71)65-30-32-66(33-31-65)57-60-27-15-28-61-57)50-55(73)78-51(40-19-8-5-9-20-40)49(39-17-6-4-7-18-39)69(50)52(59)41-21-10-13-24-46(41)77-35-34-70/h4-13,15,17-28,36-37,47-52,70H,29-35H2,1-3H3,(H,62,75)/t47-,48+,49-,50-,51+,52+,59-/m1/s1. The number of nitrogens with one attached hydrogen (secondary N) is 1. The highest BCUT2D eigenvalue weighted by Gasteiger charge is 2.76. The number of esters is 2. The first-order valence-corrected chi connectivity index (χ1v) is 25.9. The Labute approximate surface area is 449 Å². The summed E-state index contributed by atoms with van der Waals surface area (Å²) in [5.41, 5.74) is 1.80. The molecule has 0 bridgehead atoms. The number of hydrogen-bond donors (Lipinski definition) is 2. The maximum atomic E-state index is 17.1. The molecule has 78 heavy (non-hydrogen) atoms. The van der Waals surface area contributed by atoms with Crippen molar-refractivity contribution in [3.05, 3.63) is 174 Å². The number of imide groups is 1. The molecule has 19 heteroatoms. The Morgan fingerprint density at radius 1 is 0.833 bits per heavy atom. The van der Waals surface area contributed by atoms with Gasteiger partial charge in [0.2, 0.25) is 17.8 Å². The van der Waals surface area contributed by atoms with Crippen LogP contribution >= 0.6 is 0 Å². The zero-order valence-corrected chi connectivity index (χ0v) is 43.1.